The largest absolute Gasteiger partial charge is 0.444 e. The minimum absolute atomic E-state index is 0.135. The Hall–Kier alpha value is -2.29. The number of imidazole rings is 1. The van der Waals surface area contributed by atoms with Crippen LogP contribution < -0.4 is 10.6 Å². The summed E-state index contributed by atoms with van der Waals surface area (Å²) in [6.45, 7) is 13.5. The number of ether oxygens (including phenoxy) is 2. The third-order valence-corrected chi connectivity index (χ3v) is 4.67. The van der Waals surface area contributed by atoms with E-state index in [0.29, 0.717) is 12.5 Å². The van der Waals surface area contributed by atoms with E-state index in [4.69, 9.17) is 9.47 Å². The lowest BCUT2D eigenvalue weighted by Gasteiger charge is -2.35. The summed E-state index contributed by atoms with van der Waals surface area (Å²) >= 11 is 0. The monoisotopic (exact) mass is 408 g/mol. The maximum absolute atomic E-state index is 12.8. The Bertz CT molecular complexity index is 681. The molecule has 0 aliphatic carbocycles. The lowest BCUT2D eigenvalue weighted by Crippen LogP contribution is -2.54. The molecule has 164 valence electrons. The first kappa shape index (κ1) is 23.0. The fraction of sp³-hybridized carbons (Fsp3) is 0.750. The van der Waals surface area contributed by atoms with Crippen LogP contribution in [0.15, 0.2) is 23.7 Å². The molecule has 0 radical (unpaired) electrons. The topological polar surface area (TPSA) is 93.0 Å². The second-order valence-electron chi connectivity index (χ2n) is 8.72. The highest BCUT2D eigenvalue weighted by atomic mass is 16.6. The van der Waals surface area contributed by atoms with Crippen LogP contribution in [0.25, 0.3) is 0 Å². The first-order valence-electron chi connectivity index (χ1n) is 10.1. The minimum atomic E-state index is -0.740. The Labute approximate surface area is 173 Å². The molecular weight excluding hydrogens is 372 g/mol. The van der Waals surface area contributed by atoms with Gasteiger partial charge in [0, 0.05) is 39.1 Å². The van der Waals surface area contributed by atoms with E-state index in [1.807, 2.05) is 58.6 Å². The summed E-state index contributed by atoms with van der Waals surface area (Å²) in [6.07, 6.45) is 5.96. The van der Waals surface area contributed by atoms with Crippen molar-refractivity contribution in [1.29, 1.82) is 0 Å². The average molecular weight is 409 g/mol. The van der Waals surface area contributed by atoms with Gasteiger partial charge in [0.05, 0.1) is 18.5 Å². The van der Waals surface area contributed by atoms with Crippen LogP contribution in [0.1, 0.15) is 48.0 Å². The number of hydrogen-bond acceptors (Lipinski definition) is 5. The van der Waals surface area contributed by atoms with Crippen molar-refractivity contribution >= 4 is 12.1 Å². The zero-order valence-electron chi connectivity index (χ0n) is 18.7. The van der Waals surface area contributed by atoms with Crippen LogP contribution in [-0.4, -0.2) is 70.1 Å². The number of nitrogens with zero attached hydrogens (tertiary/aromatic N) is 4. The maximum atomic E-state index is 12.8. The van der Waals surface area contributed by atoms with Crippen molar-refractivity contribution in [3.05, 3.63) is 18.7 Å². The average Bonchev–Trinajstić information content (AvgIpc) is 3.18. The normalized spacial score (nSPS) is 21.9. The molecule has 2 N–H and O–H groups in total. The number of aromatic nitrogens is 2. The van der Waals surface area contributed by atoms with Gasteiger partial charge in [-0.25, -0.2) is 9.78 Å². The molecule has 9 nitrogen and oxygen atoms in total. The summed E-state index contributed by atoms with van der Waals surface area (Å²) < 4.78 is 13.7. The van der Waals surface area contributed by atoms with E-state index in [9.17, 15) is 4.79 Å². The van der Waals surface area contributed by atoms with E-state index in [1.165, 1.54) is 0 Å². The lowest BCUT2D eigenvalue weighted by molar-refractivity contribution is -0.0755. The fourth-order valence-corrected chi connectivity index (χ4v) is 3.43. The van der Waals surface area contributed by atoms with Gasteiger partial charge in [0.15, 0.2) is 5.96 Å². The van der Waals surface area contributed by atoms with Gasteiger partial charge in [-0.15, -0.1) is 0 Å². The van der Waals surface area contributed by atoms with Crippen LogP contribution in [0.3, 0.4) is 0 Å². The van der Waals surface area contributed by atoms with Crippen molar-refractivity contribution in [2.75, 3.05) is 20.1 Å². The first-order valence-corrected chi connectivity index (χ1v) is 10.1. The van der Waals surface area contributed by atoms with Crippen LogP contribution in [0, 0.1) is 0 Å². The smallest absolute Gasteiger partial charge is 0.412 e. The third-order valence-electron chi connectivity index (χ3n) is 4.67. The zero-order valence-corrected chi connectivity index (χ0v) is 18.7. The Kier molecular flexibility index (Phi) is 7.51. The lowest BCUT2D eigenvalue weighted by atomic mass is 10.1. The molecule has 1 aromatic heterocycles. The summed E-state index contributed by atoms with van der Waals surface area (Å²) in [4.78, 5) is 22.8. The molecule has 0 aromatic carbocycles. The molecule has 9 heteroatoms. The first-order chi connectivity index (χ1) is 13.5. The summed E-state index contributed by atoms with van der Waals surface area (Å²) in [6, 6.07) is -0.177. The molecular formula is C20H36N6O3. The number of amides is 1. The molecule has 2 unspecified atom stereocenters. The molecule has 0 spiro atoms. The highest BCUT2D eigenvalue weighted by Crippen LogP contribution is 2.33. The van der Waals surface area contributed by atoms with Crippen LogP contribution in [-0.2, 0) is 16.0 Å². The predicted molar refractivity (Wildman–Crippen MR) is 113 cm³/mol. The Morgan fingerprint density at radius 1 is 1.34 bits per heavy atom. The van der Waals surface area contributed by atoms with E-state index in [0.717, 1.165) is 19.5 Å². The molecule has 0 saturated carbocycles. The minimum Gasteiger partial charge on any atom is -0.444 e. The van der Waals surface area contributed by atoms with Gasteiger partial charge < -0.3 is 24.7 Å². The van der Waals surface area contributed by atoms with Crippen molar-refractivity contribution in [1.82, 2.24) is 25.1 Å². The molecule has 1 aromatic rings. The van der Waals surface area contributed by atoms with Gasteiger partial charge in [-0.1, -0.05) is 0 Å². The van der Waals surface area contributed by atoms with Crippen LogP contribution in [0.2, 0.25) is 0 Å². The molecule has 1 aliphatic heterocycles. The number of carbonyl (C=O) groups is 1. The number of hydrogen-bond donors (Lipinski definition) is 2. The predicted octanol–water partition coefficient (Wildman–Crippen LogP) is 2.20. The molecule has 1 saturated heterocycles. The Morgan fingerprint density at radius 2 is 2.07 bits per heavy atom. The second-order valence-corrected chi connectivity index (χ2v) is 8.72. The summed E-state index contributed by atoms with van der Waals surface area (Å²) in [5.41, 5.74) is -1.31. The molecule has 1 aliphatic rings. The summed E-state index contributed by atoms with van der Waals surface area (Å²) in [5.74, 6) is 0.691. The molecule has 2 atom stereocenters. The third kappa shape index (κ3) is 6.62. The number of guanidine groups is 1. The molecule has 0 bridgehead atoms. The van der Waals surface area contributed by atoms with Crippen LogP contribution >= 0.6 is 0 Å². The van der Waals surface area contributed by atoms with Gasteiger partial charge in [-0.05, 0) is 48.0 Å². The van der Waals surface area contributed by atoms with E-state index in [2.05, 4.69) is 20.6 Å². The van der Waals surface area contributed by atoms with Crippen molar-refractivity contribution in [2.24, 2.45) is 4.99 Å². The van der Waals surface area contributed by atoms with Gasteiger partial charge in [0.25, 0.3) is 0 Å². The second kappa shape index (κ2) is 9.47. The van der Waals surface area contributed by atoms with Gasteiger partial charge in [-0.2, -0.15) is 0 Å². The van der Waals surface area contributed by atoms with E-state index >= 15 is 0 Å². The highest BCUT2D eigenvalue weighted by Gasteiger charge is 2.49. The number of aliphatic imine (C=N–C) groups is 1. The number of nitrogens with one attached hydrogen (secondary N) is 2. The molecule has 1 fully saturated rings. The van der Waals surface area contributed by atoms with Crippen LogP contribution in [0.5, 0.6) is 0 Å². The molecule has 2 heterocycles. The van der Waals surface area contributed by atoms with E-state index in [1.54, 1.807) is 18.1 Å². The van der Waals surface area contributed by atoms with Crippen molar-refractivity contribution < 1.29 is 14.3 Å². The number of carbonyl (C=O) groups excluding carboxylic acids is 1. The van der Waals surface area contributed by atoms with E-state index < -0.39 is 11.3 Å². The zero-order chi connectivity index (χ0) is 21.7. The van der Waals surface area contributed by atoms with E-state index in [-0.39, 0.29) is 18.2 Å². The van der Waals surface area contributed by atoms with Crippen molar-refractivity contribution in [3.8, 4) is 0 Å². The molecule has 1 amide bonds. The SMILES string of the molecule is CN=C(NCCCn1ccnc1)NCC1C(C)OC(C)(C)N1C(=O)OC(C)(C)C. The van der Waals surface area contributed by atoms with Gasteiger partial charge in [0.1, 0.15) is 11.3 Å². The van der Waals surface area contributed by atoms with Crippen molar-refractivity contribution in [3.63, 3.8) is 0 Å². The molecule has 2 rings (SSSR count). The van der Waals surface area contributed by atoms with Crippen LogP contribution in [0.4, 0.5) is 4.79 Å². The summed E-state index contributed by atoms with van der Waals surface area (Å²) in [7, 11) is 1.73. The van der Waals surface area contributed by atoms with Gasteiger partial charge >= 0.3 is 6.09 Å². The maximum Gasteiger partial charge on any atom is 0.412 e. The summed E-state index contributed by atoms with van der Waals surface area (Å²) in [5, 5.41) is 6.61. The highest BCUT2D eigenvalue weighted by molar-refractivity contribution is 5.79. The van der Waals surface area contributed by atoms with Crippen molar-refractivity contribution in [2.45, 2.75) is 78.0 Å². The Balaban J connectivity index is 1.90. The van der Waals surface area contributed by atoms with Gasteiger partial charge in [-0.3, -0.25) is 9.89 Å². The van der Waals surface area contributed by atoms with Gasteiger partial charge in [0.2, 0.25) is 0 Å². The standard InChI is InChI=1S/C20H36N6O3/c1-15-16(26(20(5,6)28-15)18(27)29-19(2,3)4)13-24-17(21-7)23-9-8-11-25-12-10-22-14-25/h10,12,14-16H,8-9,11,13H2,1-7H3,(H2,21,23,24). The number of rotatable bonds is 6. The number of aryl methyl sites for hydroxylation is 1. The quantitative estimate of drug-likeness (QED) is 0.426. The fourth-order valence-electron chi connectivity index (χ4n) is 3.43. The Morgan fingerprint density at radius 3 is 2.66 bits per heavy atom. The molecule has 29 heavy (non-hydrogen) atoms.